The van der Waals surface area contributed by atoms with E-state index in [0.29, 0.717) is 5.75 Å². The molecule has 8 nitrogen and oxygen atoms in total. The first-order chi connectivity index (χ1) is 15.8. The molecule has 0 unspecified atom stereocenters. The van der Waals surface area contributed by atoms with Crippen LogP contribution >= 0.6 is 15.9 Å². The van der Waals surface area contributed by atoms with Gasteiger partial charge in [-0.3, -0.25) is 13.9 Å². The number of methoxy groups -OCH3 is 1. The van der Waals surface area contributed by atoms with Crippen LogP contribution in [0.1, 0.15) is 31.9 Å². The maximum Gasteiger partial charge on any atom is 0.244 e. The van der Waals surface area contributed by atoms with Gasteiger partial charge in [0.1, 0.15) is 18.3 Å². The van der Waals surface area contributed by atoms with E-state index in [-0.39, 0.29) is 24.2 Å². The smallest absolute Gasteiger partial charge is 0.244 e. The number of nitrogens with zero attached hydrogens (tertiary/aromatic N) is 2. The van der Waals surface area contributed by atoms with Crippen LogP contribution < -0.4 is 14.4 Å². The molecule has 0 aliphatic rings. The molecule has 10 heteroatoms. The molecular formula is C24H32BrN3O5S. The van der Waals surface area contributed by atoms with Crippen LogP contribution in [0.15, 0.2) is 46.9 Å². The summed E-state index contributed by atoms with van der Waals surface area (Å²) in [7, 11) is -2.40. The number of anilines is 1. The molecule has 0 heterocycles. The fraction of sp³-hybridized carbons (Fsp3) is 0.417. The molecule has 2 aromatic rings. The van der Waals surface area contributed by atoms with Crippen molar-refractivity contribution in [1.29, 1.82) is 0 Å². The lowest BCUT2D eigenvalue weighted by Crippen LogP contribution is -2.52. The minimum absolute atomic E-state index is 0.108. The molecule has 0 aromatic heterocycles. The average Bonchev–Trinajstić information content (AvgIpc) is 2.75. The van der Waals surface area contributed by atoms with Gasteiger partial charge in [-0.15, -0.1) is 0 Å². The Kier molecular flexibility index (Phi) is 9.52. The summed E-state index contributed by atoms with van der Waals surface area (Å²) in [6, 6.07) is 11.6. The Labute approximate surface area is 210 Å². The van der Waals surface area contributed by atoms with Gasteiger partial charge in [-0.1, -0.05) is 34.1 Å². The van der Waals surface area contributed by atoms with E-state index in [1.165, 1.54) is 12.0 Å². The van der Waals surface area contributed by atoms with Crippen LogP contribution in [0.4, 0.5) is 5.69 Å². The fourth-order valence-electron chi connectivity index (χ4n) is 3.36. The highest BCUT2D eigenvalue weighted by Crippen LogP contribution is 2.31. The number of ether oxygens (including phenoxy) is 1. The van der Waals surface area contributed by atoms with E-state index in [2.05, 4.69) is 21.2 Å². The molecule has 0 bridgehead atoms. The summed E-state index contributed by atoms with van der Waals surface area (Å²) in [5, 5.41) is 2.82. The van der Waals surface area contributed by atoms with Gasteiger partial charge >= 0.3 is 0 Å². The van der Waals surface area contributed by atoms with Crippen molar-refractivity contribution >= 4 is 43.5 Å². The summed E-state index contributed by atoms with van der Waals surface area (Å²) >= 11 is 3.39. The zero-order valence-electron chi connectivity index (χ0n) is 20.3. The Morgan fingerprint density at radius 2 is 1.71 bits per heavy atom. The third-order valence-electron chi connectivity index (χ3n) is 5.15. The lowest BCUT2D eigenvalue weighted by molar-refractivity contribution is -0.139. The van der Waals surface area contributed by atoms with Gasteiger partial charge in [-0.05, 0) is 63.1 Å². The molecule has 0 fully saturated rings. The molecule has 2 aromatic carbocycles. The maximum absolute atomic E-state index is 13.6. The lowest BCUT2D eigenvalue weighted by Gasteiger charge is -2.32. The van der Waals surface area contributed by atoms with Gasteiger partial charge in [0, 0.05) is 17.1 Å². The molecule has 0 spiro atoms. The number of hydrogen-bond acceptors (Lipinski definition) is 5. The number of carbonyl (C=O) groups excluding carboxylic acids is 2. The number of aryl methyl sites for hydroxylation is 1. The van der Waals surface area contributed by atoms with Gasteiger partial charge in [0.15, 0.2) is 0 Å². The van der Waals surface area contributed by atoms with E-state index in [4.69, 9.17) is 4.74 Å². The molecule has 2 amide bonds. The van der Waals surface area contributed by atoms with Crippen LogP contribution in [-0.2, 0) is 26.2 Å². The van der Waals surface area contributed by atoms with E-state index < -0.39 is 28.5 Å². The number of halogens is 1. The summed E-state index contributed by atoms with van der Waals surface area (Å²) in [5.74, 6) is -0.503. The van der Waals surface area contributed by atoms with E-state index in [1.54, 1.807) is 25.1 Å². The predicted molar refractivity (Wildman–Crippen MR) is 137 cm³/mol. The minimum Gasteiger partial charge on any atom is -0.495 e. The number of sulfonamides is 1. The van der Waals surface area contributed by atoms with Gasteiger partial charge in [-0.2, -0.15) is 0 Å². The highest BCUT2D eigenvalue weighted by atomic mass is 79.9. The van der Waals surface area contributed by atoms with Gasteiger partial charge < -0.3 is 15.0 Å². The standard InChI is InChI=1S/C24H32BrN3O5S/c1-16(2)26-24(30)18(4)27(14-19-8-10-20(25)11-9-19)23(29)15-28(34(6,31)32)21-13-17(3)7-12-22(21)33-5/h7-13,16,18H,14-15H2,1-6H3,(H,26,30)/t18-/m0/s1. The van der Waals surface area contributed by atoms with Crippen molar-refractivity contribution in [2.75, 3.05) is 24.2 Å². The van der Waals surface area contributed by atoms with Crippen molar-refractivity contribution in [2.24, 2.45) is 0 Å². The lowest BCUT2D eigenvalue weighted by atomic mass is 10.1. The molecule has 1 N–H and O–H groups in total. The first-order valence-corrected chi connectivity index (χ1v) is 13.4. The average molecular weight is 555 g/mol. The summed E-state index contributed by atoms with van der Waals surface area (Å²) in [5.41, 5.74) is 1.88. The van der Waals surface area contributed by atoms with Crippen LogP contribution in [0.25, 0.3) is 0 Å². The molecule has 0 aliphatic heterocycles. The first kappa shape index (κ1) is 27.7. The second-order valence-corrected chi connectivity index (χ2v) is 11.3. The monoisotopic (exact) mass is 553 g/mol. The van der Waals surface area contributed by atoms with Crippen molar-refractivity contribution in [3.8, 4) is 5.75 Å². The van der Waals surface area contributed by atoms with E-state index in [1.807, 2.05) is 45.0 Å². The highest BCUT2D eigenvalue weighted by Gasteiger charge is 2.31. The summed E-state index contributed by atoms with van der Waals surface area (Å²) < 4.78 is 32.7. The number of carbonyl (C=O) groups is 2. The number of nitrogens with one attached hydrogen (secondary N) is 1. The Bertz CT molecular complexity index is 1120. The maximum atomic E-state index is 13.6. The largest absolute Gasteiger partial charge is 0.495 e. The van der Waals surface area contributed by atoms with Gasteiger partial charge in [-0.25, -0.2) is 8.42 Å². The second kappa shape index (κ2) is 11.7. The summed E-state index contributed by atoms with van der Waals surface area (Å²) in [6.45, 7) is 6.79. The molecular weight excluding hydrogens is 522 g/mol. The van der Waals surface area contributed by atoms with Crippen LogP contribution in [0.3, 0.4) is 0 Å². The predicted octanol–water partition coefficient (Wildman–Crippen LogP) is 3.47. The van der Waals surface area contributed by atoms with Gasteiger partial charge in [0.25, 0.3) is 0 Å². The summed E-state index contributed by atoms with van der Waals surface area (Å²) in [6.07, 6.45) is 1.04. The third-order valence-corrected chi connectivity index (χ3v) is 6.80. The quantitative estimate of drug-likeness (QED) is 0.486. The molecule has 1 atom stereocenters. The number of rotatable bonds is 10. The Hall–Kier alpha value is -2.59. The number of amides is 2. The van der Waals surface area contributed by atoms with E-state index in [9.17, 15) is 18.0 Å². The Morgan fingerprint density at radius 3 is 2.24 bits per heavy atom. The first-order valence-electron chi connectivity index (χ1n) is 10.8. The van der Waals surface area contributed by atoms with Crippen molar-refractivity contribution in [2.45, 2.75) is 46.3 Å². The number of benzene rings is 2. The molecule has 0 saturated heterocycles. The molecule has 0 radical (unpaired) electrons. The van der Waals surface area contributed by atoms with Crippen LogP contribution in [0.5, 0.6) is 5.75 Å². The van der Waals surface area contributed by atoms with Crippen LogP contribution in [0.2, 0.25) is 0 Å². The SMILES string of the molecule is COc1ccc(C)cc1N(CC(=O)N(Cc1ccc(Br)cc1)[C@@H](C)C(=O)NC(C)C)S(C)(=O)=O. The highest BCUT2D eigenvalue weighted by molar-refractivity contribution is 9.10. The van der Waals surface area contributed by atoms with Crippen molar-refractivity contribution in [1.82, 2.24) is 10.2 Å². The van der Waals surface area contributed by atoms with E-state index in [0.717, 1.165) is 26.2 Å². The normalized spacial score (nSPS) is 12.2. The molecule has 34 heavy (non-hydrogen) atoms. The molecule has 186 valence electrons. The fourth-order valence-corrected chi connectivity index (χ4v) is 4.47. The molecule has 0 saturated carbocycles. The Balaban J connectivity index is 2.45. The van der Waals surface area contributed by atoms with Gasteiger partial charge in [0.05, 0.1) is 19.1 Å². The third kappa shape index (κ3) is 7.46. The minimum atomic E-state index is -3.84. The van der Waals surface area contributed by atoms with Crippen molar-refractivity contribution in [3.63, 3.8) is 0 Å². The van der Waals surface area contributed by atoms with Crippen LogP contribution in [-0.4, -0.2) is 57.1 Å². The van der Waals surface area contributed by atoms with Crippen molar-refractivity contribution < 1.29 is 22.7 Å². The number of hydrogen-bond donors (Lipinski definition) is 1. The van der Waals surface area contributed by atoms with Crippen LogP contribution in [0, 0.1) is 6.92 Å². The van der Waals surface area contributed by atoms with Gasteiger partial charge in [0.2, 0.25) is 21.8 Å². The van der Waals surface area contributed by atoms with Crippen molar-refractivity contribution in [3.05, 3.63) is 58.1 Å². The Morgan fingerprint density at radius 1 is 1.09 bits per heavy atom. The zero-order valence-corrected chi connectivity index (χ0v) is 22.7. The molecule has 2 rings (SSSR count). The topological polar surface area (TPSA) is 96.0 Å². The zero-order chi connectivity index (χ0) is 25.6. The second-order valence-electron chi connectivity index (χ2n) is 8.43. The van der Waals surface area contributed by atoms with E-state index >= 15 is 0 Å². The molecule has 0 aliphatic carbocycles. The summed E-state index contributed by atoms with van der Waals surface area (Å²) in [4.78, 5) is 27.7.